The van der Waals surface area contributed by atoms with Gasteiger partial charge < -0.3 is 9.47 Å². The highest BCUT2D eigenvalue weighted by atomic mass is 127. The van der Waals surface area contributed by atoms with Gasteiger partial charge in [-0.05, 0) is 52.7 Å². The minimum absolute atomic E-state index is 0.169. The highest BCUT2D eigenvalue weighted by Gasteiger charge is 2.22. The zero-order chi connectivity index (χ0) is 19.7. The van der Waals surface area contributed by atoms with Crippen molar-refractivity contribution in [3.8, 4) is 11.5 Å². The van der Waals surface area contributed by atoms with Crippen LogP contribution in [0.2, 0.25) is 0 Å². The van der Waals surface area contributed by atoms with Crippen molar-refractivity contribution >= 4 is 32.6 Å². The number of halogens is 1. The number of ether oxygens (including phenoxy) is 2. The molecule has 0 fully saturated rings. The van der Waals surface area contributed by atoms with Crippen LogP contribution in [-0.4, -0.2) is 37.1 Å². The molecule has 27 heavy (non-hydrogen) atoms. The van der Waals surface area contributed by atoms with Gasteiger partial charge in [-0.3, -0.25) is 0 Å². The first-order chi connectivity index (χ1) is 13.0. The summed E-state index contributed by atoms with van der Waals surface area (Å²) < 4.78 is 38.8. The zero-order valence-corrected chi connectivity index (χ0v) is 18.7. The van der Waals surface area contributed by atoms with Gasteiger partial charge in [0, 0.05) is 13.1 Å². The third-order valence-electron chi connectivity index (χ3n) is 4.22. The van der Waals surface area contributed by atoms with Crippen LogP contribution in [0.5, 0.6) is 11.5 Å². The number of alkyl halides is 1. The molecule has 0 aliphatic carbocycles. The molecule has 0 radical (unpaired) electrons. The predicted molar refractivity (Wildman–Crippen MR) is 117 cm³/mol. The van der Waals surface area contributed by atoms with Crippen molar-refractivity contribution in [3.05, 3.63) is 59.7 Å². The Morgan fingerprint density at radius 2 is 1.26 bits per heavy atom. The minimum Gasteiger partial charge on any atom is -0.497 e. The Balaban J connectivity index is 2.20. The van der Waals surface area contributed by atoms with Crippen LogP contribution in [0.4, 0.5) is 0 Å². The Morgan fingerprint density at radius 3 is 1.63 bits per heavy atom. The number of nitrogens with zero attached hydrogens (tertiary/aromatic N) is 1. The number of unbranched alkanes of at least 4 members (excludes halogenated alkanes) is 1. The molecule has 2 aromatic rings. The molecule has 0 aliphatic heterocycles. The van der Waals surface area contributed by atoms with Crippen molar-refractivity contribution in [1.82, 2.24) is 4.31 Å². The van der Waals surface area contributed by atoms with Crippen molar-refractivity contribution in [2.45, 2.75) is 25.9 Å². The summed E-state index contributed by atoms with van der Waals surface area (Å²) >= 11 is 2.27. The van der Waals surface area contributed by atoms with Crippen molar-refractivity contribution in [2.24, 2.45) is 0 Å². The second-order valence-corrected chi connectivity index (χ2v) is 9.34. The lowest BCUT2D eigenvalue weighted by Crippen LogP contribution is -2.32. The molecule has 0 amide bonds. The lowest BCUT2D eigenvalue weighted by Gasteiger charge is -2.23. The van der Waals surface area contributed by atoms with Gasteiger partial charge in [-0.15, -0.1) is 0 Å². The van der Waals surface area contributed by atoms with Gasteiger partial charge in [0.1, 0.15) is 11.5 Å². The molecule has 0 unspecified atom stereocenters. The standard InChI is InChI=1S/C20H26INO4S/c1-25-19-9-5-17(6-10-19)15-22(27(23,24)14-4-3-13-21)16-18-7-11-20(26-2)12-8-18/h5-12H,3-4,13-16H2,1-2H3. The van der Waals surface area contributed by atoms with Crippen LogP contribution < -0.4 is 9.47 Å². The maximum atomic E-state index is 12.9. The van der Waals surface area contributed by atoms with Crippen LogP contribution in [0.15, 0.2) is 48.5 Å². The van der Waals surface area contributed by atoms with Crippen LogP contribution in [-0.2, 0) is 23.1 Å². The second kappa shape index (κ2) is 10.9. The number of sulfonamides is 1. The van der Waals surface area contributed by atoms with Gasteiger partial charge in [-0.25, -0.2) is 8.42 Å². The first-order valence-corrected chi connectivity index (χ1v) is 11.9. The highest BCUT2D eigenvalue weighted by molar-refractivity contribution is 14.1. The number of benzene rings is 2. The number of hydrogen-bond donors (Lipinski definition) is 0. The van der Waals surface area contributed by atoms with Crippen molar-refractivity contribution < 1.29 is 17.9 Å². The summed E-state index contributed by atoms with van der Waals surface area (Å²) in [5, 5.41) is 0. The molecule has 0 atom stereocenters. The number of rotatable bonds is 11. The van der Waals surface area contributed by atoms with Gasteiger partial charge in [-0.2, -0.15) is 4.31 Å². The number of methoxy groups -OCH3 is 2. The molecule has 0 heterocycles. The fraction of sp³-hybridized carbons (Fsp3) is 0.400. The monoisotopic (exact) mass is 503 g/mol. The molecule has 0 spiro atoms. The third kappa shape index (κ3) is 6.97. The molecule has 2 rings (SSSR count). The van der Waals surface area contributed by atoms with Gasteiger partial charge in [0.25, 0.3) is 0 Å². The minimum atomic E-state index is -3.35. The molecular formula is C20H26INO4S. The van der Waals surface area contributed by atoms with E-state index in [-0.39, 0.29) is 5.75 Å². The largest absolute Gasteiger partial charge is 0.497 e. The molecule has 0 bridgehead atoms. The Bertz CT molecular complexity index is 742. The van der Waals surface area contributed by atoms with Crippen LogP contribution in [0, 0.1) is 0 Å². The van der Waals surface area contributed by atoms with E-state index < -0.39 is 10.0 Å². The molecule has 0 saturated heterocycles. The van der Waals surface area contributed by atoms with Crippen molar-refractivity contribution in [3.63, 3.8) is 0 Å². The van der Waals surface area contributed by atoms with Crippen LogP contribution >= 0.6 is 22.6 Å². The molecule has 0 N–H and O–H groups in total. The Hall–Kier alpha value is -1.32. The molecular weight excluding hydrogens is 477 g/mol. The zero-order valence-electron chi connectivity index (χ0n) is 15.7. The molecule has 148 valence electrons. The lowest BCUT2D eigenvalue weighted by atomic mass is 10.2. The van der Waals surface area contributed by atoms with Crippen LogP contribution in [0.3, 0.4) is 0 Å². The second-order valence-electron chi connectivity index (χ2n) is 6.18. The quantitative estimate of drug-likeness (QED) is 0.262. The van der Waals surface area contributed by atoms with Crippen molar-refractivity contribution in [1.29, 1.82) is 0 Å². The Morgan fingerprint density at radius 1 is 0.815 bits per heavy atom. The van der Waals surface area contributed by atoms with Gasteiger partial charge >= 0.3 is 0 Å². The molecule has 5 nitrogen and oxygen atoms in total. The normalized spacial score (nSPS) is 11.6. The first-order valence-electron chi connectivity index (χ1n) is 8.78. The van der Waals surface area contributed by atoms with Gasteiger partial charge in [-0.1, -0.05) is 46.9 Å². The lowest BCUT2D eigenvalue weighted by molar-refractivity contribution is 0.397. The summed E-state index contributed by atoms with van der Waals surface area (Å²) in [5.74, 6) is 1.68. The topological polar surface area (TPSA) is 55.8 Å². The SMILES string of the molecule is COc1ccc(CN(Cc2ccc(OC)cc2)S(=O)(=O)CCCCI)cc1. The Labute approximate surface area is 175 Å². The number of hydrogen-bond acceptors (Lipinski definition) is 4. The van der Waals surface area contributed by atoms with E-state index in [1.165, 1.54) is 0 Å². The first kappa shape index (κ1) is 22.0. The van der Waals surface area contributed by atoms with E-state index >= 15 is 0 Å². The van der Waals surface area contributed by atoms with Gasteiger partial charge in [0.2, 0.25) is 10.0 Å². The Kier molecular flexibility index (Phi) is 8.85. The van der Waals surface area contributed by atoms with E-state index in [4.69, 9.17) is 9.47 Å². The van der Waals surface area contributed by atoms with Crippen LogP contribution in [0.1, 0.15) is 24.0 Å². The average molecular weight is 503 g/mol. The molecule has 2 aromatic carbocycles. The summed E-state index contributed by atoms with van der Waals surface area (Å²) in [4.78, 5) is 0. The van der Waals surface area contributed by atoms with E-state index in [0.717, 1.165) is 33.5 Å². The summed E-state index contributed by atoms with van der Waals surface area (Å²) in [6.45, 7) is 0.672. The molecule has 0 aliphatic rings. The van der Waals surface area contributed by atoms with E-state index in [1.807, 2.05) is 48.5 Å². The molecule has 0 saturated carbocycles. The maximum Gasteiger partial charge on any atom is 0.214 e. The fourth-order valence-corrected chi connectivity index (χ4v) is 4.69. The summed E-state index contributed by atoms with van der Waals surface area (Å²) in [6.07, 6.45) is 1.58. The summed E-state index contributed by atoms with van der Waals surface area (Å²) in [5.41, 5.74) is 1.86. The van der Waals surface area contributed by atoms with E-state index in [2.05, 4.69) is 22.6 Å². The van der Waals surface area contributed by atoms with E-state index in [1.54, 1.807) is 18.5 Å². The predicted octanol–water partition coefficient (Wildman–Crippen LogP) is 4.25. The van der Waals surface area contributed by atoms with E-state index in [0.29, 0.717) is 19.5 Å². The van der Waals surface area contributed by atoms with E-state index in [9.17, 15) is 8.42 Å². The molecule has 0 aromatic heterocycles. The highest BCUT2D eigenvalue weighted by Crippen LogP contribution is 2.20. The summed E-state index contributed by atoms with van der Waals surface area (Å²) in [7, 11) is -0.128. The smallest absolute Gasteiger partial charge is 0.214 e. The van der Waals surface area contributed by atoms with Crippen molar-refractivity contribution in [2.75, 3.05) is 24.4 Å². The average Bonchev–Trinajstić information content (AvgIpc) is 2.68. The third-order valence-corrected chi connectivity index (χ3v) is 6.83. The fourth-order valence-electron chi connectivity index (χ4n) is 2.63. The summed E-state index contributed by atoms with van der Waals surface area (Å²) in [6, 6.07) is 15.0. The molecule has 7 heteroatoms. The van der Waals surface area contributed by atoms with Gasteiger partial charge in [0.15, 0.2) is 0 Å². The van der Waals surface area contributed by atoms with Crippen LogP contribution in [0.25, 0.3) is 0 Å². The maximum absolute atomic E-state index is 12.9. The van der Waals surface area contributed by atoms with Gasteiger partial charge in [0.05, 0.1) is 20.0 Å².